The second-order valence-corrected chi connectivity index (χ2v) is 6.73. The van der Waals surface area contributed by atoms with Gasteiger partial charge in [-0.15, -0.1) is 0 Å². The Morgan fingerprint density at radius 3 is 2.47 bits per heavy atom. The second kappa shape index (κ2) is 4.71. The van der Waals surface area contributed by atoms with E-state index in [1.807, 2.05) is 0 Å². The Morgan fingerprint density at radius 2 is 1.89 bits per heavy atom. The van der Waals surface area contributed by atoms with Gasteiger partial charge in [0.15, 0.2) is 0 Å². The molecular formula is C14H15BrFNO2. The van der Waals surface area contributed by atoms with Gasteiger partial charge in [0.25, 0.3) is 11.7 Å². The summed E-state index contributed by atoms with van der Waals surface area (Å²) in [7, 11) is 0. The summed E-state index contributed by atoms with van der Waals surface area (Å²) >= 11 is 3.03. The van der Waals surface area contributed by atoms with E-state index in [1.54, 1.807) is 0 Å². The van der Waals surface area contributed by atoms with E-state index in [0.717, 1.165) is 6.42 Å². The number of fused-ring (bicyclic) bond motifs is 1. The van der Waals surface area contributed by atoms with E-state index in [1.165, 1.54) is 17.0 Å². The van der Waals surface area contributed by atoms with Crippen LogP contribution in [0.3, 0.4) is 0 Å². The number of amides is 1. The third-order valence-electron chi connectivity index (χ3n) is 3.10. The van der Waals surface area contributed by atoms with E-state index in [-0.39, 0.29) is 15.5 Å². The van der Waals surface area contributed by atoms with Crippen LogP contribution in [-0.2, 0) is 4.79 Å². The number of benzene rings is 1. The molecule has 0 saturated carbocycles. The Hall–Kier alpha value is -1.23. The molecular weight excluding hydrogens is 313 g/mol. The highest BCUT2D eigenvalue weighted by atomic mass is 79.9. The Morgan fingerprint density at radius 1 is 1.26 bits per heavy atom. The minimum Gasteiger partial charge on any atom is -0.305 e. The molecule has 1 amide bonds. The monoisotopic (exact) mass is 327 g/mol. The van der Waals surface area contributed by atoms with Crippen LogP contribution in [0.1, 0.15) is 37.6 Å². The molecule has 102 valence electrons. The number of hydrogen-bond donors (Lipinski definition) is 0. The van der Waals surface area contributed by atoms with Gasteiger partial charge in [-0.2, -0.15) is 0 Å². The lowest BCUT2D eigenvalue weighted by molar-refractivity contribution is -0.114. The van der Waals surface area contributed by atoms with E-state index >= 15 is 0 Å². The van der Waals surface area contributed by atoms with E-state index in [0.29, 0.717) is 12.2 Å². The molecule has 1 aliphatic heterocycles. The van der Waals surface area contributed by atoms with Crippen LogP contribution in [0.25, 0.3) is 0 Å². The molecule has 0 spiro atoms. The van der Waals surface area contributed by atoms with Crippen molar-refractivity contribution in [3.63, 3.8) is 0 Å². The normalized spacial score (nSPS) is 15.1. The first kappa shape index (κ1) is 14.2. The van der Waals surface area contributed by atoms with E-state index in [9.17, 15) is 14.0 Å². The van der Waals surface area contributed by atoms with Gasteiger partial charge in [0.1, 0.15) is 5.82 Å². The van der Waals surface area contributed by atoms with E-state index in [4.69, 9.17) is 0 Å². The van der Waals surface area contributed by atoms with Crippen molar-refractivity contribution in [2.45, 2.75) is 27.2 Å². The SMILES string of the molecule is CC(C)(C)CCN1C(=O)C(=O)c2cc(Br)c(F)cc21. The second-order valence-electron chi connectivity index (χ2n) is 5.88. The molecule has 0 atom stereocenters. The first-order valence-electron chi connectivity index (χ1n) is 6.06. The lowest BCUT2D eigenvalue weighted by atomic mass is 9.92. The molecule has 1 heterocycles. The van der Waals surface area contributed by atoms with Gasteiger partial charge in [-0.25, -0.2) is 4.39 Å². The molecule has 3 nitrogen and oxygen atoms in total. The molecule has 0 unspecified atom stereocenters. The molecule has 5 heteroatoms. The Kier molecular flexibility index (Phi) is 3.51. The molecule has 0 aromatic heterocycles. The van der Waals surface area contributed by atoms with Gasteiger partial charge < -0.3 is 4.90 Å². The molecule has 0 fully saturated rings. The van der Waals surface area contributed by atoms with Gasteiger partial charge in [-0.1, -0.05) is 20.8 Å². The van der Waals surface area contributed by atoms with Crippen molar-refractivity contribution in [3.8, 4) is 0 Å². The maximum Gasteiger partial charge on any atom is 0.299 e. The Labute approximate surface area is 119 Å². The van der Waals surface area contributed by atoms with Gasteiger partial charge in [0, 0.05) is 6.54 Å². The maximum absolute atomic E-state index is 13.6. The third-order valence-corrected chi connectivity index (χ3v) is 3.71. The molecule has 2 rings (SSSR count). The average molecular weight is 328 g/mol. The van der Waals surface area contributed by atoms with Crippen LogP contribution in [0, 0.1) is 11.2 Å². The molecule has 0 radical (unpaired) electrons. The van der Waals surface area contributed by atoms with Crippen LogP contribution in [0.15, 0.2) is 16.6 Å². The number of carbonyl (C=O) groups is 2. The predicted octanol–water partition coefficient (Wildman–Crippen LogP) is 3.55. The maximum atomic E-state index is 13.6. The van der Waals surface area contributed by atoms with Crippen molar-refractivity contribution in [3.05, 3.63) is 28.0 Å². The molecule has 1 aliphatic rings. The quantitative estimate of drug-likeness (QED) is 0.779. The zero-order valence-electron chi connectivity index (χ0n) is 11.1. The standard InChI is InChI=1S/C14H15BrFNO2/c1-14(2,3)4-5-17-11-7-10(16)9(15)6-8(11)12(18)13(17)19/h6-7H,4-5H2,1-3H3. The number of anilines is 1. The van der Waals surface area contributed by atoms with Crippen molar-refractivity contribution < 1.29 is 14.0 Å². The number of rotatable bonds is 2. The van der Waals surface area contributed by atoms with E-state index < -0.39 is 17.5 Å². The fourth-order valence-corrected chi connectivity index (χ4v) is 2.30. The van der Waals surface area contributed by atoms with Crippen molar-refractivity contribution in [2.24, 2.45) is 5.41 Å². The molecule has 0 aliphatic carbocycles. The highest BCUT2D eigenvalue weighted by Crippen LogP contribution is 2.34. The van der Waals surface area contributed by atoms with Gasteiger partial charge in [0.05, 0.1) is 15.7 Å². The van der Waals surface area contributed by atoms with Crippen molar-refractivity contribution in [2.75, 3.05) is 11.4 Å². The van der Waals surface area contributed by atoms with Crippen LogP contribution in [0.5, 0.6) is 0 Å². The van der Waals surface area contributed by atoms with Gasteiger partial charge in [0.2, 0.25) is 0 Å². The van der Waals surface area contributed by atoms with Gasteiger partial charge in [-0.3, -0.25) is 9.59 Å². The highest BCUT2D eigenvalue weighted by Gasteiger charge is 2.36. The minimum absolute atomic E-state index is 0.0417. The average Bonchev–Trinajstić information content (AvgIpc) is 2.51. The fourth-order valence-electron chi connectivity index (χ4n) is 1.96. The summed E-state index contributed by atoms with van der Waals surface area (Å²) in [4.78, 5) is 25.2. The summed E-state index contributed by atoms with van der Waals surface area (Å²) in [5.74, 6) is -1.61. The Balaban J connectivity index is 2.36. The van der Waals surface area contributed by atoms with Crippen molar-refractivity contribution in [1.82, 2.24) is 0 Å². The largest absolute Gasteiger partial charge is 0.305 e. The van der Waals surface area contributed by atoms with Crippen LogP contribution < -0.4 is 4.90 Å². The summed E-state index contributed by atoms with van der Waals surface area (Å²) in [5.41, 5.74) is 0.687. The summed E-state index contributed by atoms with van der Waals surface area (Å²) < 4.78 is 13.8. The summed E-state index contributed by atoms with van der Waals surface area (Å²) in [5, 5.41) is 0. The number of ketones is 1. The number of hydrogen-bond acceptors (Lipinski definition) is 2. The topological polar surface area (TPSA) is 37.4 Å². The van der Waals surface area contributed by atoms with Crippen LogP contribution in [0.2, 0.25) is 0 Å². The van der Waals surface area contributed by atoms with Crippen molar-refractivity contribution >= 4 is 33.3 Å². The third kappa shape index (κ3) is 2.71. The molecule has 1 aromatic rings. The summed E-state index contributed by atoms with van der Waals surface area (Å²) in [6.07, 6.45) is 0.739. The van der Waals surface area contributed by atoms with Gasteiger partial charge in [-0.05, 0) is 39.9 Å². The van der Waals surface area contributed by atoms with E-state index in [2.05, 4.69) is 36.7 Å². The molecule has 0 bridgehead atoms. The summed E-state index contributed by atoms with van der Waals surface area (Å²) in [6, 6.07) is 2.62. The van der Waals surface area contributed by atoms with Crippen LogP contribution >= 0.6 is 15.9 Å². The molecule has 1 aromatic carbocycles. The first-order valence-corrected chi connectivity index (χ1v) is 6.85. The molecule has 19 heavy (non-hydrogen) atoms. The first-order chi connectivity index (χ1) is 8.70. The fraction of sp³-hybridized carbons (Fsp3) is 0.429. The number of nitrogens with zero attached hydrogens (tertiary/aromatic N) is 1. The van der Waals surface area contributed by atoms with Crippen LogP contribution in [-0.4, -0.2) is 18.2 Å². The lowest BCUT2D eigenvalue weighted by Crippen LogP contribution is -2.32. The Bertz CT molecular complexity index is 563. The predicted molar refractivity (Wildman–Crippen MR) is 74.9 cm³/mol. The minimum atomic E-state index is -0.572. The molecule has 0 saturated heterocycles. The summed E-state index contributed by atoms with van der Waals surface area (Å²) in [6.45, 7) is 6.58. The van der Waals surface area contributed by atoms with Gasteiger partial charge >= 0.3 is 0 Å². The lowest BCUT2D eigenvalue weighted by Gasteiger charge is -2.23. The zero-order valence-corrected chi connectivity index (χ0v) is 12.7. The number of Topliss-reactive ketones (excluding diaryl/α,β-unsaturated/α-hetero) is 1. The number of halogens is 2. The van der Waals surface area contributed by atoms with Crippen molar-refractivity contribution in [1.29, 1.82) is 0 Å². The smallest absolute Gasteiger partial charge is 0.299 e. The molecule has 0 N–H and O–H groups in total. The van der Waals surface area contributed by atoms with Crippen LogP contribution in [0.4, 0.5) is 10.1 Å². The zero-order chi connectivity index (χ0) is 14.4. The number of carbonyl (C=O) groups excluding carboxylic acids is 2. The highest BCUT2D eigenvalue weighted by molar-refractivity contribution is 9.10.